The number of rotatable bonds is 5. The fraction of sp³-hybridized carbons (Fsp3) is 0.769. The Morgan fingerprint density at radius 2 is 2.25 bits per heavy atom. The van der Waals surface area contributed by atoms with Gasteiger partial charge < -0.3 is 10.0 Å². The monoisotopic (exact) mass is 282 g/mol. The number of aryl methyl sites for hydroxylation is 2. The van der Waals surface area contributed by atoms with Gasteiger partial charge in [-0.1, -0.05) is 20.3 Å². The van der Waals surface area contributed by atoms with Gasteiger partial charge in [-0.25, -0.2) is 4.68 Å². The molecule has 2 atom stereocenters. The van der Waals surface area contributed by atoms with Crippen LogP contribution in [-0.2, 0) is 13.5 Å². The molecule has 0 saturated carbocycles. The van der Waals surface area contributed by atoms with Gasteiger partial charge in [-0.05, 0) is 18.8 Å². The molecule has 112 valence electrons. The molecule has 1 fully saturated rings. The molecule has 2 rings (SSSR count). The predicted molar refractivity (Wildman–Crippen MR) is 75.9 cm³/mol. The van der Waals surface area contributed by atoms with Crippen molar-refractivity contribution < 1.29 is 10.0 Å². The Balaban J connectivity index is 2.47. The number of anilines is 1. The van der Waals surface area contributed by atoms with Crippen molar-refractivity contribution in [2.75, 3.05) is 18.1 Å². The Morgan fingerprint density at radius 3 is 2.80 bits per heavy atom. The lowest BCUT2D eigenvalue weighted by Gasteiger charge is -2.26. The number of hydrogen-bond acceptors (Lipinski definition) is 5. The second-order valence-electron chi connectivity index (χ2n) is 5.46. The van der Waals surface area contributed by atoms with Crippen LogP contribution in [0.2, 0.25) is 0 Å². The van der Waals surface area contributed by atoms with E-state index in [9.17, 15) is 15.2 Å². The van der Waals surface area contributed by atoms with Crippen LogP contribution in [-0.4, -0.2) is 39.0 Å². The molecule has 2 heterocycles. The Morgan fingerprint density at radius 1 is 1.55 bits per heavy atom. The van der Waals surface area contributed by atoms with Crippen molar-refractivity contribution in [3.63, 3.8) is 0 Å². The SMILES string of the molecule is CCCc1nn(C)c(N2CCC(C)C2CO)c1[N+](=O)[O-]. The molecule has 20 heavy (non-hydrogen) atoms. The zero-order valence-corrected chi connectivity index (χ0v) is 12.2. The molecule has 0 aromatic carbocycles. The van der Waals surface area contributed by atoms with Crippen molar-refractivity contribution in [1.29, 1.82) is 0 Å². The van der Waals surface area contributed by atoms with E-state index in [1.54, 1.807) is 11.7 Å². The minimum absolute atomic E-state index is 0.00656. The van der Waals surface area contributed by atoms with Gasteiger partial charge in [0.2, 0.25) is 5.82 Å². The van der Waals surface area contributed by atoms with E-state index in [-0.39, 0.29) is 23.3 Å². The topological polar surface area (TPSA) is 84.4 Å². The van der Waals surface area contributed by atoms with E-state index in [1.165, 1.54) is 0 Å². The molecule has 7 heteroatoms. The van der Waals surface area contributed by atoms with E-state index in [1.807, 2.05) is 11.8 Å². The van der Waals surface area contributed by atoms with Gasteiger partial charge >= 0.3 is 5.69 Å². The van der Waals surface area contributed by atoms with Crippen molar-refractivity contribution in [3.05, 3.63) is 15.8 Å². The highest BCUT2D eigenvalue weighted by Crippen LogP contribution is 2.37. The van der Waals surface area contributed by atoms with Crippen LogP contribution in [0.15, 0.2) is 0 Å². The molecule has 1 aromatic heterocycles. The molecule has 1 aliphatic heterocycles. The first-order valence-electron chi connectivity index (χ1n) is 7.09. The first-order chi connectivity index (χ1) is 9.51. The molecular weight excluding hydrogens is 260 g/mol. The summed E-state index contributed by atoms with van der Waals surface area (Å²) in [6.45, 7) is 4.77. The van der Waals surface area contributed by atoms with Gasteiger partial charge in [0.05, 0.1) is 17.6 Å². The highest BCUT2D eigenvalue weighted by atomic mass is 16.6. The van der Waals surface area contributed by atoms with Crippen LogP contribution in [0.25, 0.3) is 0 Å². The van der Waals surface area contributed by atoms with Crippen LogP contribution in [0.3, 0.4) is 0 Å². The number of nitrogens with zero attached hydrogens (tertiary/aromatic N) is 4. The van der Waals surface area contributed by atoms with E-state index in [2.05, 4.69) is 12.0 Å². The zero-order valence-electron chi connectivity index (χ0n) is 12.2. The van der Waals surface area contributed by atoms with E-state index in [0.29, 0.717) is 23.9 Å². The fourth-order valence-corrected chi connectivity index (χ4v) is 3.02. The van der Waals surface area contributed by atoms with Gasteiger partial charge in [0.1, 0.15) is 5.69 Å². The highest BCUT2D eigenvalue weighted by Gasteiger charge is 2.38. The summed E-state index contributed by atoms with van der Waals surface area (Å²) in [5.41, 5.74) is 0.633. The van der Waals surface area contributed by atoms with Gasteiger partial charge in [0, 0.05) is 13.6 Å². The zero-order chi connectivity index (χ0) is 14.9. The Hall–Kier alpha value is -1.63. The minimum Gasteiger partial charge on any atom is -0.394 e. The smallest absolute Gasteiger partial charge is 0.334 e. The molecule has 7 nitrogen and oxygen atoms in total. The summed E-state index contributed by atoms with van der Waals surface area (Å²) < 4.78 is 1.59. The van der Waals surface area contributed by atoms with E-state index >= 15 is 0 Å². The van der Waals surface area contributed by atoms with Crippen LogP contribution >= 0.6 is 0 Å². The largest absolute Gasteiger partial charge is 0.394 e. The van der Waals surface area contributed by atoms with E-state index in [4.69, 9.17) is 0 Å². The number of aromatic nitrogens is 2. The molecule has 0 amide bonds. The summed E-state index contributed by atoms with van der Waals surface area (Å²) in [7, 11) is 1.74. The molecule has 1 saturated heterocycles. The van der Waals surface area contributed by atoms with Crippen molar-refractivity contribution in [1.82, 2.24) is 9.78 Å². The third-order valence-corrected chi connectivity index (χ3v) is 4.07. The third kappa shape index (κ3) is 2.37. The standard InChI is InChI=1S/C13H22N4O3/c1-4-5-10-12(17(19)20)13(15(3)14-10)16-7-6-9(2)11(16)8-18/h9,11,18H,4-8H2,1-3H3. The number of aliphatic hydroxyl groups is 1. The van der Waals surface area contributed by atoms with Crippen LogP contribution < -0.4 is 4.90 Å². The predicted octanol–water partition coefficient (Wildman–Crippen LogP) is 1.49. The maximum absolute atomic E-state index is 11.4. The average Bonchev–Trinajstić information content (AvgIpc) is 2.89. The van der Waals surface area contributed by atoms with Gasteiger partial charge in [-0.3, -0.25) is 10.1 Å². The van der Waals surface area contributed by atoms with Crippen molar-refractivity contribution >= 4 is 11.5 Å². The lowest BCUT2D eigenvalue weighted by Crippen LogP contribution is -2.36. The maximum Gasteiger partial charge on any atom is 0.334 e. The normalized spacial score (nSPS) is 22.5. The third-order valence-electron chi connectivity index (χ3n) is 4.07. The summed E-state index contributed by atoms with van der Waals surface area (Å²) in [6.07, 6.45) is 2.34. The van der Waals surface area contributed by atoms with Crippen LogP contribution in [0.1, 0.15) is 32.4 Å². The maximum atomic E-state index is 11.4. The van der Waals surface area contributed by atoms with Gasteiger partial charge in [-0.2, -0.15) is 5.10 Å². The van der Waals surface area contributed by atoms with Crippen molar-refractivity contribution in [3.8, 4) is 0 Å². The van der Waals surface area contributed by atoms with Crippen LogP contribution in [0.5, 0.6) is 0 Å². The Kier molecular flexibility index (Phi) is 4.27. The lowest BCUT2D eigenvalue weighted by molar-refractivity contribution is -0.384. The summed E-state index contributed by atoms with van der Waals surface area (Å²) in [5.74, 6) is 0.853. The van der Waals surface area contributed by atoms with Crippen molar-refractivity contribution in [2.24, 2.45) is 13.0 Å². The molecule has 1 aromatic rings. The number of nitro groups is 1. The Bertz CT molecular complexity index is 500. The molecule has 0 bridgehead atoms. The van der Waals surface area contributed by atoms with E-state index in [0.717, 1.165) is 19.4 Å². The molecule has 2 unspecified atom stereocenters. The van der Waals surface area contributed by atoms with Gasteiger partial charge in [-0.15, -0.1) is 0 Å². The molecule has 0 spiro atoms. The molecular formula is C13H22N4O3. The van der Waals surface area contributed by atoms with Crippen LogP contribution in [0, 0.1) is 16.0 Å². The quantitative estimate of drug-likeness (QED) is 0.653. The summed E-state index contributed by atoms with van der Waals surface area (Å²) in [6, 6.07) is -0.0708. The summed E-state index contributed by atoms with van der Waals surface area (Å²) in [4.78, 5) is 13.0. The number of aliphatic hydroxyl groups excluding tert-OH is 1. The Labute approximate surface area is 118 Å². The first kappa shape index (κ1) is 14.8. The van der Waals surface area contributed by atoms with Gasteiger partial charge in [0.25, 0.3) is 0 Å². The average molecular weight is 282 g/mol. The van der Waals surface area contributed by atoms with Crippen molar-refractivity contribution in [2.45, 2.75) is 39.2 Å². The minimum atomic E-state index is -0.343. The summed E-state index contributed by atoms with van der Waals surface area (Å²) in [5, 5.41) is 25.3. The lowest BCUT2D eigenvalue weighted by atomic mass is 10.0. The van der Waals surface area contributed by atoms with Crippen LogP contribution in [0.4, 0.5) is 11.5 Å². The van der Waals surface area contributed by atoms with Gasteiger partial charge in [0.15, 0.2) is 0 Å². The second kappa shape index (κ2) is 5.78. The molecule has 0 radical (unpaired) electrons. The molecule has 1 N–H and O–H groups in total. The second-order valence-corrected chi connectivity index (χ2v) is 5.46. The molecule has 0 aliphatic carbocycles. The van der Waals surface area contributed by atoms with E-state index < -0.39 is 0 Å². The number of hydrogen-bond donors (Lipinski definition) is 1. The highest BCUT2D eigenvalue weighted by molar-refractivity contribution is 5.63. The fourth-order valence-electron chi connectivity index (χ4n) is 3.02. The summed E-state index contributed by atoms with van der Waals surface area (Å²) >= 11 is 0. The first-order valence-corrected chi connectivity index (χ1v) is 7.09. The molecule has 1 aliphatic rings.